The molecule has 1 aliphatic rings. The van der Waals surface area contributed by atoms with Crippen LogP contribution in [0.15, 0.2) is 0 Å². The monoisotopic (exact) mass is 132 g/mol. The van der Waals surface area contributed by atoms with Gasteiger partial charge >= 0.3 is 18.9 Å². The summed E-state index contributed by atoms with van der Waals surface area (Å²) in [7, 11) is 0. The van der Waals surface area contributed by atoms with Crippen LogP contribution in [0.2, 0.25) is 0 Å². The summed E-state index contributed by atoms with van der Waals surface area (Å²) in [5.41, 5.74) is 0. The van der Waals surface area contributed by atoms with Crippen LogP contribution < -0.4 is 18.9 Å². The predicted octanol–water partition coefficient (Wildman–Crippen LogP) is 0.0409. The predicted molar refractivity (Wildman–Crippen MR) is 41.1 cm³/mol. The molecule has 0 spiro atoms. The Kier molecular flexibility index (Phi) is 5.59. The van der Waals surface area contributed by atoms with Crippen molar-refractivity contribution < 1.29 is 18.9 Å². The molecule has 0 aromatic heterocycles. The van der Waals surface area contributed by atoms with Crippen LogP contribution in [-0.4, -0.2) is 0 Å². The fraction of sp³-hybridized carbons (Fsp3) is 0.889. The largest absolute Gasteiger partial charge is 1.00 e. The molecule has 0 radical (unpaired) electrons. The summed E-state index contributed by atoms with van der Waals surface area (Å²) >= 11 is 0. The average molecular weight is 132 g/mol. The molecule has 0 aromatic carbocycles. The molecule has 1 rings (SSSR count). The SMILES string of the molecule is CC(C)CC1[CH-]CCC1.[Li+]. The second-order valence-electron chi connectivity index (χ2n) is 3.56. The van der Waals surface area contributed by atoms with Crippen molar-refractivity contribution in [2.45, 2.75) is 39.5 Å². The van der Waals surface area contributed by atoms with Crippen molar-refractivity contribution in [3.63, 3.8) is 0 Å². The third-order valence-electron chi connectivity index (χ3n) is 2.05. The molecule has 1 saturated carbocycles. The van der Waals surface area contributed by atoms with Gasteiger partial charge in [-0.1, -0.05) is 33.1 Å². The zero-order valence-corrected chi connectivity index (χ0v) is 7.56. The molecular formula is C9H17Li. The summed E-state index contributed by atoms with van der Waals surface area (Å²) in [6.45, 7) is 4.62. The first-order valence-corrected chi connectivity index (χ1v) is 4.12. The van der Waals surface area contributed by atoms with E-state index in [9.17, 15) is 0 Å². The summed E-state index contributed by atoms with van der Waals surface area (Å²) in [4.78, 5) is 0. The molecule has 0 N–H and O–H groups in total. The van der Waals surface area contributed by atoms with E-state index in [1.807, 2.05) is 0 Å². The maximum atomic E-state index is 2.50. The van der Waals surface area contributed by atoms with Gasteiger partial charge in [0.2, 0.25) is 0 Å². The second-order valence-corrected chi connectivity index (χ2v) is 3.56. The Labute approximate surface area is 77.0 Å². The van der Waals surface area contributed by atoms with E-state index in [-0.39, 0.29) is 18.9 Å². The minimum absolute atomic E-state index is 0. The van der Waals surface area contributed by atoms with Crippen molar-refractivity contribution in [2.75, 3.05) is 0 Å². The summed E-state index contributed by atoms with van der Waals surface area (Å²) in [6.07, 6.45) is 8.19. The minimum atomic E-state index is 0. The smallest absolute Gasteiger partial charge is 0.325 e. The summed E-state index contributed by atoms with van der Waals surface area (Å²) in [6, 6.07) is 0. The molecule has 0 aliphatic heterocycles. The molecule has 1 heteroatoms. The van der Waals surface area contributed by atoms with Crippen molar-refractivity contribution >= 4 is 0 Å². The molecule has 0 bridgehead atoms. The van der Waals surface area contributed by atoms with Crippen LogP contribution in [-0.2, 0) is 0 Å². The van der Waals surface area contributed by atoms with Crippen LogP contribution in [0.4, 0.5) is 0 Å². The maximum Gasteiger partial charge on any atom is 1.00 e. The zero-order valence-electron chi connectivity index (χ0n) is 7.56. The standard InChI is InChI=1S/C9H17.Li/c1-8(2)7-9-5-3-4-6-9;/h5,8-9H,3-4,6-7H2,1-2H3;/q-1;+1. The van der Waals surface area contributed by atoms with E-state index in [0.717, 1.165) is 11.8 Å². The zero-order chi connectivity index (χ0) is 6.69. The fourth-order valence-electron chi connectivity index (χ4n) is 1.67. The Morgan fingerprint density at radius 3 is 2.60 bits per heavy atom. The van der Waals surface area contributed by atoms with Crippen LogP contribution in [0.25, 0.3) is 0 Å². The quantitative estimate of drug-likeness (QED) is 0.367. The summed E-state index contributed by atoms with van der Waals surface area (Å²) in [5.74, 6) is 1.86. The van der Waals surface area contributed by atoms with E-state index in [1.54, 1.807) is 0 Å². The van der Waals surface area contributed by atoms with Gasteiger partial charge in [0.05, 0.1) is 0 Å². The summed E-state index contributed by atoms with van der Waals surface area (Å²) < 4.78 is 0. The van der Waals surface area contributed by atoms with E-state index in [2.05, 4.69) is 20.3 Å². The normalized spacial score (nSPS) is 24.9. The van der Waals surface area contributed by atoms with Crippen molar-refractivity contribution in [1.82, 2.24) is 0 Å². The Morgan fingerprint density at radius 1 is 1.50 bits per heavy atom. The van der Waals surface area contributed by atoms with E-state index in [4.69, 9.17) is 0 Å². The van der Waals surface area contributed by atoms with Crippen molar-refractivity contribution in [1.29, 1.82) is 0 Å². The molecule has 0 amide bonds. The fourth-order valence-corrected chi connectivity index (χ4v) is 1.67. The maximum absolute atomic E-state index is 2.50. The van der Waals surface area contributed by atoms with E-state index < -0.39 is 0 Å². The van der Waals surface area contributed by atoms with Crippen LogP contribution in [0.3, 0.4) is 0 Å². The molecule has 1 unspecified atom stereocenters. The molecule has 0 saturated heterocycles. The topological polar surface area (TPSA) is 0 Å². The third kappa shape index (κ3) is 3.69. The van der Waals surface area contributed by atoms with Crippen molar-refractivity contribution in [3.05, 3.63) is 6.42 Å². The van der Waals surface area contributed by atoms with Gasteiger partial charge in [0.15, 0.2) is 0 Å². The van der Waals surface area contributed by atoms with Crippen LogP contribution in [0.1, 0.15) is 39.5 Å². The van der Waals surface area contributed by atoms with Gasteiger partial charge in [-0.15, -0.1) is 0 Å². The Balaban J connectivity index is 0.000000810. The molecular weight excluding hydrogens is 115 g/mol. The molecule has 54 valence electrons. The van der Waals surface area contributed by atoms with Gasteiger partial charge in [-0.05, 0) is 5.92 Å². The van der Waals surface area contributed by atoms with Gasteiger partial charge in [0, 0.05) is 0 Å². The Bertz CT molecular complexity index is 72.8. The first-order valence-electron chi connectivity index (χ1n) is 4.12. The van der Waals surface area contributed by atoms with Crippen LogP contribution in [0, 0.1) is 18.3 Å². The van der Waals surface area contributed by atoms with Gasteiger partial charge in [0.25, 0.3) is 0 Å². The first-order chi connectivity index (χ1) is 4.29. The summed E-state index contributed by atoms with van der Waals surface area (Å²) in [5, 5.41) is 0. The molecule has 0 heterocycles. The van der Waals surface area contributed by atoms with Gasteiger partial charge in [0.1, 0.15) is 0 Å². The number of hydrogen-bond donors (Lipinski definition) is 0. The van der Waals surface area contributed by atoms with Crippen molar-refractivity contribution in [2.24, 2.45) is 11.8 Å². The van der Waals surface area contributed by atoms with E-state index in [0.29, 0.717) is 0 Å². The van der Waals surface area contributed by atoms with Gasteiger partial charge in [-0.3, -0.25) is 0 Å². The first kappa shape index (κ1) is 10.6. The van der Waals surface area contributed by atoms with E-state index >= 15 is 0 Å². The van der Waals surface area contributed by atoms with Gasteiger partial charge in [-0.25, -0.2) is 0 Å². The van der Waals surface area contributed by atoms with E-state index in [1.165, 1.54) is 25.7 Å². The molecule has 10 heavy (non-hydrogen) atoms. The molecule has 0 aromatic rings. The Morgan fingerprint density at radius 2 is 2.20 bits per heavy atom. The van der Waals surface area contributed by atoms with Crippen LogP contribution >= 0.6 is 0 Å². The molecule has 1 aliphatic carbocycles. The van der Waals surface area contributed by atoms with Gasteiger partial charge < -0.3 is 6.42 Å². The molecule has 0 nitrogen and oxygen atoms in total. The minimum Gasteiger partial charge on any atom is -0.325 e. The number of hydrogen-bond acceptors (Lipinski definition) is 0. The Hall–Kier alpha value is 0.597. The average Bonchev–Trinajstić information content (AvgIpc) is 2.15. The second kappa shape index (κ2) is 5.27. The van der Waals surface area contributed by atoms with Gasteiger partial charge in [-0.2, -0.15) is 12.3 Å². The molecule has 1 fully saturated rings. The molecule has 1 atom stereocenters. The third-order valence-corrected chi connectivity index (χ3v) is 2.05. The van der Waals surface area contributed by atoms with Crippen LogP contribution in [0.5, 0.6) is 0 Å². The number of rotatable bonds is 2. The van der Waals surface area contributed by atoms with Crippen molar-refractivity contribution in [3.8, 4) is 0 Å².